The average molecular weight is 348 g/mol. The fraction of sp³-hybridized carbons (Fsp3) is 0.235. The molecule has 2 aromatic carbocycles. The number of carbonyl (C=O) groups excluding carboxylic acids is 1. The van der Waals surface area contributed by atoms with Gasteiger partial charge in [0.15, 0.2) is 0 Å². The molecule has 0 aliphatic carbocycles. The maximum Gasteiger partial charge on any atom is 0.328 e. The molecule has 0 fully saturated rings. The predicted octanol–water partition coefficient (Wildman–Crippen LogP) is 4.04. The zero-order valence-electron chi connectivity index (χ0n) is 11.9. The molecule has 0 spiro atoms. The predicted molar refractivity (Wildman–Crippen MR) is 88.3 cm³/mol. The van der Waals surface area contributed by atoms with Gasteiger partial charge in [-0.1, -0.05) is 52.3 Å². The number of hydrogen-bond donors (Lipinski definition) is 1. The van der Waals surface area contributed by atoms with Gasteiger partial charge < -0.3 is 10.1 Å². The molecule has 0 saturated carbocycles. The first-order chi connectivity index (χ1) is 10.2. The highest BCUT2D eigenvalue weighted by atomic mass is 79.9. The number of ether oxygens (including phenoxy) is 1. The standard InChI is InChI=1S/C17H18BrNO2/c1-21-17(20)16(11-10-13-6-3-2-4-7-13)19-15-9-5-8-14(18)12-15/h2-9,12,16,19H,10-11H2,1H3. The van der Waals surface area contributed by atoms with Crippen LogP contribution < -0.4 is 5.32 Å². The van der Waals surface area contributed by atoms with Gasteiger partial charge in [0.2, 0.25) is 0 Å². The molecule has 4 heteroatoms. The van der Waals surface area contributed by atoms with Gasteiger partial charge in [0.05, 0.1) is 7.11 Å². The van der Waals surface area contributed by atoms with Crippen molar-refractivity contribution in [2.45, 2.75) is 18.9 Å². The molecule has 0 aromatic heterocycles. The molecule has 0 heterocycles. The Morgan fingerprint density at radius 3 is 2.62 bits per heavy atom. The third-order valence-corrected chi connectivity index (χ3v) is 3.71. The van der Waals surface area contributed by atoms with Gasteiger partial charge in [-0.15, -0.1) is 0 Å². The average Bonchev–Trinajstić information content (AvgIpc) is 2.51. The number of hydrogen-bond acceptors (Lipinski definition) is 3. The van der Waals surface area contributed by atoms with Crippen LogP contribution in [0.3, 0.4) is 0 Å². The molecule has 1 N–H and O–H groups in total. The number of aryl methyl sites for hydroxylation is 1. The van der Waals surface area contributed by atoms with E-state index in [0.717, 1.165) is 16.6 Å². The van der Waals surface area contributed by atoms with Crippen molar-refractivity contribution in [3.05, 3.63) is 64.6 Å². The fourth-order valence-corrected chi connectivity index (χ4v) is 2.53. The minimum atomic E-state index is -0.357. The van der Waals surface area contributed by atoms with Crippen LogP contribution in [0.15, 0.2) is 59.1 Å². The van der Waals surface area contributed by atoms with Crippen molar-refractivity contribution in [3.8, 4) is 0 Å². The van der Waals surface area contributed by atoms with E-state index in [-0.39, 0.29) is 12.0 Å². The summed E-state index contributed by atoms with van der Waals surface area (Å²) >= 11 is 3.43. The summed E-state index contributed by atoms with van der Waals surface area (Å²) in [6, 6.07) is 17.5. The first-order valence-corrected chi connectivity index (χ1v) is 7.62. The second-order valence-electron chi connectivity index (χ2n) is 4.75. The highest BCUT2D eigenvalue weighted by Gasteiger charge is 2.18. The third-order valence-electron chi connectivity index (χ3n) is 3.22. The van der Waals surface area contributed by atoms with Crippen LogP contribution in [0.5, 0.6) is 0 Å². The lowest BCUT2D eigenvalue weighted by Gasteiger charge is -2.18. The number of anilines is 1. The lowest BCUT2D eigenvalue weighted by Crippen LogP contribution is -2.31. The first kappa shape index (κ1) is 15.6. The quantitative estimate of drug-likeness (QED) is 0.801. The second kappa shape index (κ2) is 7.84. The van der Waals surface area contributed by atoms with Crippen molar-refractivity contribution in [1.29, 1.82) is 0 Å². The number of nitrogens with one attached hydrogen (secondary N) is 1. The molecule has 110 valence electrons. The van der Waals surface area contributed by atoms with Crippen LogP contribution >= 0.6 is 15.9 Å². The van der Waals surface area contributed by atoms with E-state index in [9.17, 15) is 4.79 Å². The van der Waals surface area contributed by atoms with Gasteiger partial charge in [0, 0.05) is 10.2 Å². The Kier molecular flexibility index (Phi) is 5.81. The largest absolute Gasteiger partial charge is 0.467 e. The van der Waals surface area contributed by atoms with Gasteiger partial charge in [-0.05, 0) is 36.6 Å². The van der Waals surface area contributed by atoms with E-state index in [1.165, 1.54) is 12.7 Å². The monoisotopic (exact) mass is 347 g/mol. The SMILES string of the molecule is COC(=O)C(CCc1ccccc1)Nc1cccc(Br)c1. The summed E-state index contributed by atoms with van der Waals surface area (Å²) in [6.45, 7) is 0. The lowest BCUT2D eigenvalue weighted by atomic mass is 10.0. The highest BCUT2D eigenvalue weighted by Crippen LogP contribution is 2.18. The van der Waals surface area contributed by atoms with Gasteiger partial charge >= 0.3 is 5.97 Å². The smallest absolute Gasteiger partial charge is 0.328 e. The molecule has 3 nitrogen and oxygen atoms in total. The second-order valence-corrected chi connectivity index (χ2v) is 5.67. The molecule has 0 amide bonds. The number of rotatable bonds is 6. The van der Waals surface area contributed by atoms with E-state index in [0.29, 0.717) is 6.42 Å². The number of halogens is 1. The summed E-state index contributed by atoms with van der Waals surface area (Å²) in [5.41, 5.74) is 2.11. The molecule has 1 unspecified atom stereocenters. The maximum atomic E-state index is 11.9. The molecule has 2 rings (SSSR count). The first-order valence-electron chi connectivity index (χ1n) is 6.83. The molecule has 1 atom stereocenters. The van der Waals surface area contributed by atoms with Crippen molar-refractivity contribution < 1.29 is 9.53 Å². The topological polar surface area (TPSA) is 38.3 Å². The van der Waals surface area contributed by atoms with Crippen LogP contribution in [-0.4, -0.2) is 19.1 Å². The van der Waals surface area contributed by atoms with Gasteiger partial charge in [0.1, 0.15) is 6.04 Å². The molecular weight excluding hydrogens is 330 g/mol. The van der Waals surface area contributed by atoms with Crippen molar-refractivity contribution in [3.63, 3.8) is 0 Å². The Hall–Kier alpha value is -1.81. The number of carbonyl (C=O) groups is 1. The van der Waals surface area contributed by atoms with E-state index >= 15 is 0 Å². The molecule has 0 saturated heterocycles. The van der Waals surface area contributed by atoms with Gasteiger partial charge in [0.25, 0.3) is 0 Å². The molecule has 0 aliphatic heterocycles. The Morgan fingerprint density at radius 1 is 1.19 bits per heavy atom. The zero-order valence-corrected chi connectivity index (χ0v) is 13.5. The van der Waals surface area contributed by atoms with Crippen LogP contribution in [-0.2, 0) is 16.0 Å². The van der Waals surface area contributed by atoms with E-state index < -0.39 is 0 Å². The summed E-state index contributed by atoms with van der Waals surface area (Å²) in [5.74, 6) is -0.245. The van der Waals surface area contributed by atoms with Crippen molar-refractivity contribution in [2.75, 3.05) is 12.4 Å². The number of benzene rings is 2. The van der Waals surface area contributed by atoms with E-state index in [1.54, 1.807) is 0 Å². The van der Waals surface area contributed by atoms with Gasteiger partial charge in [-0.2, -0.15) is 0 Å². The normalized spacial score (nSPS) is 11.7. The van der Waals surface area contributed by atoms with Crippen LogP contribution in [0.1, 0.15) is 12.0 Å². The Morgan fingerprint density at radius 2 is 1.95 bits per heavy atom. The van der Waals surface area contributed by atoms with Crippen LogP contribution in [0, 0.1) is 0 Å². The summed E-state index contributed by atoms with van der Waals surface area (Å²) in [7, 11) is 1.42. The summed E-state index contributed by atoms with van der Waals surface area (Å²) in [6.07, 6.45) is 1.50. The molecule has 0 bridgehead atoms. The molecule has 0 radical (unpaired) electrons. The van der Waals surface area contributed by atoms with Gasteiger partial charge in [-0.3, -0.25) is 0 Å². The third kappa shape index (κ3) is 4.90. The zero-order chi connectivity index (χ0) is 15.1. The van der Waals surface area contributed by atoms with Crippen molar-refractivity contribution in [2.24, 2.45) is 0 Å². The summed E-state index contributed by atoms with van der Waals surface area (Å²) in [4.78, 5) is 11.9. The van der Waals surface area contributed by atoms with Gasteiger partial charge in [-0.25, -0.2) is 4.79 Å². The maximum absolute atomic E-state index is 11.9. The fourth-order valence-electron chi connectivity index (χ4n) is 2.13. The van der Waals surface area contributed by atoms with E-state index in [2.05, 4.69) is 33.4 Å². The highest BCUT2D eigenvalue weighted by molar-refractivity contribution is 9.10. The minimum absolute atomic E-state index is 0.245. The van der Waals surface area contributed by atoms with Crippen LogP contribution in [0.2, 0.25) is 0 Å². The van der Waals surface area contributed by atoms with Crippen molar-refractivity contribution >= 4 is 27.6 Å². The Bertz CT molecular complexity index is 586. The van der Waals surface area contributed by atoms with Crippen molar-refractivity contribution in [1.82, 2.24) is 0 Å². The van der Waals surface area contributed by atoms with Crippen LogP contribution in [0.4, 0.5) is 5.69 Å². The molecule has 21 heavy (non-hydrogen) atoms. The number of esters is 1. The minimum Gasteiger partial charge on any atom is -0.467 e. The summed E-state index contributed by atoms with van der Waals surface area (Å²) < 4.78 is 5.86. The molecule has 0 aliphatic rings. The lowest BCUT2D eigenvalue weighted by molar-refractivity contribution is -0.141. The van der Waals surface area contributed by atoms with E-state index in [4.69, 9.17) is 4.74 Å². The Labute approximate surface area is 133 Å². The van der Waals surface area contributed by atoms with E-state index in [1.807, 2.05) is 42.5 Å². The molecular formula is C17H18BrNO2. The summed E-state index contributed by atoms with van der Waals surface area (Å²) in [5, 5.41) is 3.24. The van der Waals surface area contributed by atoms with Crippen LogP contribution in [0.25, 0.3) is 0 Å². The number of methoxy groups -OCH3 is 1. The molecule has 2 aromatic rings. The Balaban J connectivity index is 2.03.